The Morgan fingerprint density at radius 3 is 3.00 bits per heavy atom. The Balaban J connectivity index is 1.90. The van der Waals surface area contributed by atoms with E-state index in [1.54, 1.807) is 0 Å². The Kier molecular flexibility index (Phi) is 6.51. The fourth-order valence-electron chi connectivity index (χ4n) is 2.30. The van der Waals surface area contributed by atoms with E-state index < -0.39 is 0 Å². The van der Waals surface area contributed by atoms with Gasteiger partial charge >= 0.3 is 0 Å². The lowest BCUT2D eigenvalue weighted by atomic mass is 10.0. The molecule has 1 aromatic carbocycles. The first-order chi connectivity index (χ1) is 9.31. The second-order valence-electron chi connectivity index (χ2n) is 4.93. The van der Waals surface area contributed by atoms with Crippen LogP contribution in [0.3, 0.4) is 0 Å². The molecule has 1 aliphatic rings. The van der Waals surface area contributed by atoms with Gasteiger partial charge in [-0.3, -0.25) is 0 Å². The van der Waals surface area contributed by atoms with E-state index in [1.165, 1.54) is 17.7 Å². The van der Waals surface area contributed by atoms with Crippen LogP contribution in [0, 0.1) is 5.92 Å². The minimum Gasteiger partial charge on any atom is -0.381 e. The Hall–Kier alpha value is -0.220. The number of rotatable bonds is 7. The van der Waals surface area contributed by atoms with Crippen molar-refractivity contribution in [2.75, 3.05) is 25.5 Å². The topological polar surface area (TPSA) is 21.3 Å². The Morgan fingerprint density at radius 2 is 2.32 bits per heavy atom. The van der Waals surface area contributed by atoms with Gasteiger partial charge in [0.25, 0.3) is 0 Å². The SMILES string of the molecule is CCCNC(CSc1ccccc1Cl)C1CCOC1. The molecule has 2 unspecified atom stereocenters. The van der Waals surface area contributed by atoms with Gasteiger partial charge in [-0.25, -0.2) is 0 Å². The van der Waals surface area contributed by atoms with Crippen LogP contribution in [-0.4, -0.2) is 31.6 Å². The van der Waals surface area contributed by atoms with E-state index >= 15 is 0 Å². The second kappa shape index (κ2) is 8.15. The standard InChI is InChI=1S/C15H22ClNOS/c1-2-8-17-14(12-7-9-18-10-12)11-19-15-6-4-3-5-13(15)16/h3-6,12,14,17H,2,7-11H2,1H3. The highest BCUT2D eigenvalue weighted by Crippen LogP contribution is 2.29. The number of ether oxygens (including phenoxy) is 1. The molecule has 1 heterocycles. The van der Waals surface area contributed by atoms with Crippen molar-refractivity contribution in [3.8, 4) is 0 Å². The third-order valence-corrected chi connectivity index (χ3v) is 5.08. The fraction of sp³-hybridized carbons (Fsp3) is 0.600. The van der Waals surface area contributed by atoms with Crippen molar-refractivity contribution < 1.29 is 4.74 Å². The van der Waals surface area contributed by atoms with Crippen molar-refractivity contribution in [2.45, 2.75) is 30.7 Å². The van der Waals surface area contributed by atoms with Crippen molar-refractivity contribution in [3.63, 3.8) is 0 Å². The summed E-state index contributed by atoms with van der Waals surface area (Å²) in [5.41, 5.74) is 0. The van der Waals surface area contributed by atoms with Crippen LogP contribution in [0.2, 0.25) is 5.02 Å². The molecule has 0 aliphatic carbocycles. The summed E-state index contributed by atoms with van der Waals surface area (Å²) >= 11 is 8.05. The number of benzene rings is 1. The molecule has 2 atom stereocenters. The Labute approximate surface area is 125 Å². The number of thioether (sulfide) groups is 1. The largest absolute Gasteiger partial charge is 0.381 e. The lowest BCUT2D eigenvalue weighted by Gasteiger charge is -2.23. The summed E-state index contributed by atoms with van der Waals surface area (Å²) in [7, 11) is 0. The molecule has 0 spiro atoms. The minimum atomic E-state index is 0.517. The predicted molar refractivity (Wildman–Crippen MR) is 83.2 cm³/mol. The van der Waals surface area contributed by atoms with Crippen molar-refractivity contribution in [1.82, 2.24) is 5.32 Å². The molecule has 4 heteroatoms. The molecule has 0 saturated carbocycles. The van der Waals surface area contributed by atoms with Gasteiger partial charge in [0.05, 0.1) is 11.6 Å². The summed E-state index contributed by atoms with van der Waals surface area (Å²) < 4.78 is 5.52. The molecule has 2 nitrogen and oxygen atoms in total. The van der Waals surface area contributed by atoms with Crippen molar-refractivity contribution in [3.05, 3.63) is 29.3 Å². The van der Waals surface area contributed by atoms with Crippen LogP contribution in [0.4, 0.5) is 0 Å². The van der Waals surface area contributed by atoms with Gasteiger partial charge in [0.1, 0.15) is 0 Å². The Bertz CT molecular complexity index is 382. The molecule has 0 amide bonds. The normalized spacial score (nSPS) is 20.6. The third-order valence-electron chi connectivity index (χ3n) is 3.45. The molecule has 0 aromatic heterocycles. The maximum Gasteiger partial charge on any atom is 0.0541 e. The van der Waals surface area contributed by atoms with Gasteiger partial charge in [0.15, 0.2) is 0 Å². The van der Waals surface area contributed by atoms with E-state index in [0.29, 0.717) is 12.0 Å². The summed E-state index contributed by atoms with van der Waals surface area (Å²) in [6, 6.07) is 8.58. The zero-order valence-electron chi connectivity index (χ0n) is 11.4. The van der Waals surface area contributed by atoms with Crippen LogP contribution in [0.15, 0.2) is 29.2 Å². The van der Waals surface area contributed by atoms with Crippen molar-refractivity contribution in [1.29, 1.82) is 0 Å². The summed E-state index contributed by atoms with van der Waals surface area (Å²) in [5, 5.41) is 4.51. The molecule has 0 radical (unpaired) electrons. The van der Waals surface area contributed by atoms with Crippen LogP contribution in [0.25, 0.3) is 0 Å². The van der Waals surface area contributed by atoms with Gasteiger partial charge < -0.3 is 10.1 Å². The van der Waals surface area contributed by atoms with Gasteiger partial charge in [-0.2, -0.15) is 0 Å². The van der Waals surface area contributed by atoms with Crippen LogP contribution in [0.1, 0.15) is 19.8 Å². The number of hydrogen-bond acceptors (Lipinski definition) is 3. The maximum absolute atomic E-state index is 6.21. The van der Waals surface area contributed by atoms with Crippen LogP contribution in [0.5, 0.6) is 0 Å². The molecular formula is C15H22ClNOS. The second-order valence-corrected chi connectivity index (χ2v) is 6.39. The minimum absolute atomic E-state index is 0.517. The number of hydrogen-bond donors (Lipinski definition) is 1. The highest BCUT2D eigenvalue weighted by atomic mass is 35.5. The quantitative estimate of drug-likeness (QED) is 0.773. The predicted octanol–water partition coefficient (Wildman–Crippen LogP) is 3.84. The van der Waals surface area contributed by atoms with E-state index in [-0.39, 0.29) is 0 Å². The smallest absolute Gasteiger partial charge is 0.0541 e. The molecule has 1 aliphatic heterocycles. The zero-order chi connectivity index (χ0) is 13.5. The first-order valence-electron chi connectivity index (χ1n) is 6.99. The summed E-state index contributed by atoms with van der Waals surface area (Å²) in [6.45, 7) is 5.08. The molecule has 0 bridgehead atoms. The van der Waals surface area contributed by atoms with E-state index in [4.69, 9.17) is 16.3 Å². The average Bonchev–Trinajstić information content (AvgIpc) is 2.94. The van der Waals surface area contributed by atoms with Crippen LogP contribution >= 0.6 is 23.4 Å². The molecule has 2 rings (SSSR count). The van der Waals surface area contributed by atoms with E-state index in [1.807, 2.05) is 30.0 Å². The molecule has 19 heavy (non-hydrogen) atoms. The van der Waals surface area contributed by atoms with Crippen molar-refractivity contribution >= 4 is 23.4 Å². The number of halogens is 1. The van der Waals surface area contributed by atoms with Gasteiger partial charge in [-0.15, -0.1) is 11.8 Å². The molecule has 1 fully saturated rings. The monoisotopic (exact) mass is 299 g/mol. The van der Waals surface area contributed by atoms with Crippen LogP contribution in [-0.2, 0) is 4.74 Å². The molecule has 106 valence electrons. The van der Waals surface area contributed by atoms with Gasteiger partial charge in [-0.05, 0) is 31.5 Å². The zero-order valence-corrected chi connectivity index (χ0v) is 13.0. The van der Waals surface area contributed by atoms with Gasteiger partial charge in [0.2, 0.25) is 0 Å². The summed E-state index contributed by atoms with van der Waals surface area (Å²) in [6.07, 6.45) is 2.34. The lowest BCUT2D eigenvalue weighted by Crippen LogP contribution is -2.39. The van der Waals surface area contributed by atoms with E-state index in [9.17, 15) is 0 Å². The number of nitrogens with one attached hydrogen (secondary N) is 1. The lowest BCUT2D eigenvalue weighted by molar-refractivity contribution is 0.179. The van der Waals surface area contributed by atoms with Gasteiger partial charge in [0, 0.05) is 29.2 Å². The molecular weight excluding hydrogens is 278 g/mol. The van der Waals surface area contributed by atoms with Gasteiger partial charge in [-0.1, -0.05) is 30.7 Å². The highest BCUT2D eigenvalue weighted by molar-refractivity contribution is 7.99. The molecule has 1 saturated heterocycles. The maximum atomic E-state index is 6.21. The average molecular weight is 300 g/mol. The first kappa shape index (κ1) is 15.2. The highest BCUT2D eigenvalue weighted by Gasteiger charge is 2.25. The third kappa shape index (κ3) is 4.67. The molecule has 1 aromatic rings. The summed E-state index contributed by atoms with van der Waals surface area (Å²) in [5.74, 6) is 1.69. The van der Waals surface area contributed by atoms with E-state index in [0.717, 1.165) is 30.5 Å². The Morgan fingerprint density at radius 1 is 1.47 bits per heavy atom. The summed E-state index contributed by atoms with van der Waals surface area (Å²) in [4.78, 5) is 1.17. The van der Waals surface area contributed by atoms with Crippen LogP contribution < -0.4 is 5.32 Å². The van der Waals surface area contributed by atoms with E-state index in [2.05, 4.69) is 18.3 Å². The first-order valence-corrected chi connectivity index (χ1v) is 8.36. The fourth-order valence-corrected chi connectivity index (χ4v) is 3.73. The molecule has 1 N–H and O–H groups in total. The van der Waals surface area contributed by atoms with Crippen molar-refractivity contribution in [2.24, 2.45) is 5.92 Å².